The molecular weight excluding hydrogens is 526 g/mol. The molecule has 3 aromatic rings. The van der Waals surface area contributed by atoms with Gasteiger partial charge in [0.15, 0.2) is 17.4 Å². The molecule has 38 heavy (non-hydrogen) atoms. The molecule has 200 valence electrons. The summed E-state index contributed by atoms with van der Waals surface area (Å²) in [6, 6.07) is 6.63. The third kappa shape index (κ3) is 3.49. The number of alkyl halides is 3. The van der Waals surface area contributed by atoms with Crippen LogP contribution in [0.4, 0.5) is 29.3 Å². The van der Waals surface area contributed by atoms with Gasteiger partial charge in [-0.15, -0.1) is 10.2 Å². The highest BCUT2D eigenvalue weighted by Gasteiger charge is 2.67. The maximum atomic E-state index is 14.0. The summed E-state index contributed by atoms with van der Waals surface area (Å²) >= 11 is 6.27. The van der Waals surface area contributed by atoms with E-state index >= 15 is 0 Å². The second kappa shape index (κ2) is 7.95. The van der Waals surface area contributed by atoms with Gasteiger partial charge in [0.1, 0.15) is 11.4 Å². The van der Waals surface area contributed by atoms with Crippen molar-refractivity contribution in [3.8, 4) is 11.4 Å². The minimum atomic E-state index is -4.33. The molecule has 5 heterocycles. The first kappa shape index (κ1) is 24.0. The van der Waals surface area contributed by atoms with Crippen molar-refractivity contribution in [2.75, 3.05) is 43.1 Å². The Bertz CT molecular complexity index is 1430. The Morgan fingerprint density at radius 2 is 1.74 bits per heavy atom. The topological polar surface area (TPSA) is 62.6 Å². The summed E-state index contributed by atoms with van der Waals surface area (Å²) in [6.45, 7) is 3.06. The fourth-order valence-corrected chi connectivity index (χ4v) is 6.41. The van der Waals surface area contributed by atoms with E-state index in [1.165, 1.54) is 24.3 Å². The first-order valence-electron chi connectivity index (χ1n) is 12.4. The molecule has 0 N–H and O–H groups in total. The molecule has 0 unspecified atom stereocenters. The van der Waals surface area contributed by atoms with Crippen LogP contribution < -0.4 is 14.5 Å². The lowest BCUT2D eigenvalue weighted by Crippen LogP contribution is -2.73. The number of benzene rings is 1. The quantitative estimate of drug-likeness (QED) is 0.452. The lowest BCUT2D eigenvalue weighted by Gasteiger charge is -2.60. The van der Waals surface area contributed by atoms with Crippen molar-refractivity contribution in [1.29, 1.82) is 0 Å². The van der Waals surface area contributed by atoms with Gasteiger partial charge in [-0.1, -0.05) is 11.6 Å². The lowest BCUT2D eigenvalue weighted by atomic mass is 9.73. The maximum Gasteiger partial charge on any atom is 0.406 e. The smallest absolute Gasteiger partial charge is 0.406 e. The SMILES string of the molecule is COc1cc(F)cnc1N1CC2(C1)CN(c1nnc3n1-c1ccc(Cl)cc1CN(C1(C(F)(F)F)CC1)C3)C2. The number of fused-ring (bicyclic) bond motifs is 3. The highest BCUT2D eigenvalue weighted by Crippen LogP contribution is 2.55. The van der Waals surface area contributed by atoms with Gasteiger partial charge in [0.25, 0.3) is 0 Å². The lowest BCUT2D eigenvalue weighted by molar-refractivity contribution is -0.200. The van der Waals surface area contributed by atoms with Crippen LogP contribution >= 0.6 is 11.6 Å². The van der Waals surface area contributed by atoms with Crippen LogP contribution in [0.2, 0.25) is 5.02 Å². The Kier molecular flexibility index (Phi) is 5.01. The van der Waals surface area contributed by atoms with Crippen LogP contribution in [-0.4, -0.2) is 69.7 Å². The standard InChI is InChI=1S/C25H24ClF4N7O/c1-38-19-7-17(27)8-31-21(19)34-11-23(12-34)13-35(14-23)22-33-32-20-10-36(24(4-5-24)25(28,29)30)9-15-6-16(26)2-3-18(15)37(20)22/h2-3,6-8H,4-5,9-14H2,1H3. The zero-order valence-corrected chi connectivity index (χ0v) is 21.2. The average molecular weight is 550 g/mol. The summed E-state index contributed by atoms with van der Waals surface area (Å²) in [4.78, 5) is 9.84. The molecule has 2 saturated heterocycles. The number of methoxy groups -OCH3 is 1. The number of rotatable bonds is 4. The summed E-state index contributed by atoms with van der Waals surface area (Å²) in [6.07, 6.45) is -3.00. The zero-order chi connectivity index (χ0) is 26.4. The van der Waals surface area contributed by atoms with Crippen molar-refractivity contribution in [1.82, 2.24) is 24.6 Å². The summed E-state index contributed by atoms with van der Waals surface area (Å²) in [7, 11) is 1.49. The van der Waals surface area contributed by atoms with E-state index < -0.39 is 17.5 Å². The summed E-state index contributed by atoms with van der Waals surface area (Å²) < 4.78 is 62.9. The fraction of sp³-hybridized carbons (Fsp3) is 0.480. The van der Waals surface area contributed by atoms with Gasteiger partial charge in [-0.2, -0.15) is 13.2 Å². The molecule has 0 radical (unpaired) electrons. The second-order valence-electron chi connectivity index (χ2n) is 10.8. The third-order valence-corrected chi connectivity index (χ3v) is 8.49. The van der Waals surface area contributed by atoms with Crippen LogP contribution in [0.3, 0.4) is 0 Å². The Balaban J connectivity index is 1.15. The van der Waals surface area contributed by atoms with E-state index in [1.807, 2.05) is 10.6 Å². The summed E-state index contributed by atoms with van der Waals surface area (Å²) in [5.41, 5.74) is -0.352. The molecule has 8 nitrogen and oxygen atoms in total. The van der Waals surface area contributed by atoms with Gasteiger partial charge < -0.3 is 14.5 Å². The molecule has 1 aromatic carbocycles. The van der Waals surface area contributed by atoms with Crippen molar-refractivity contribution in [2.24, 2.45) is 5.41 Å². The monoisotopic (exact) mass is 549 g/mol. The highest BCUT2D eigenvalue weighted by atomic mass is 35.5. The number of hydrogen-bond donors (Lipinski definition) is 0. The molecule has 4 aliphatic rings. The molecule has 0 amide bonds. The van der Waals surface area contributed by atoms with E-state index in [-0.39, 0.29) is 31.3 Å². The Hall–Kier alpha value is -3.12. The van der Waals surface area contributed by atoms with Crippen molar-refractivity contribution >= 4 is 23.4 Å². The summed E-state index contributed by atoms with van der Waals surface area (Å²) in [5, 5.41) is 9.26. The largest absolute Gasteiger partial charge is 0.493 e. The average Bonchev–Trinajstić information content (AvgIpc) is 3.57. The minimum Gasteiger partial charge on any atom is -0.493 e. The van der Waals surface area contributed by atoms with Crippen LogP contribution in [0.25, 0.3) is 5.69 Å². The highest BCUT2D eigenvalue weighted by molar-refractivity contribution is 6.30. The molecule has 7 rings (SSSR count). The first-order chi connectivity index (χ1) is 18.1. The molecule has 0 bridgehead atoms. The van der Waals surface area contributed by atoms with Crippen LogP contribution in [0.1, 0.15) is 24.2 Å². The number of halogens is 5. The zero-order valence-electron chi connectivity index (χ0n) is 20.5. The Labute approximate surface area is 220 Å². The van der Waals surface area contributed by atoms with E-state index in [9.17, 15) is 17.6 Å². The number of nitrogens with zero attached hydrogens (tertiary/aromatic N) is 7. The molecule has 1 spiro atoms. The number of pyridine rings is 1. The van der Waals surface area contributed by atoms with Crippen LogP contribution in [0.5, 0.6) is 5.75 Å². The molecule has 13 heteroatoms. The first-order valence-corrected chi connectivity index (χ1v) is 12.7. The van der Waals surface area contributed by atoms with Crippen molar-refractivity contribution < 1.29 is 22.3 Å². The van der Waals surface area contributed by atoms with Gasteiger partial charge in [-0.05, 0) is 36.6 Å². The van der Waals surface area contributed by atoms with E-state index in [1.54, 1.807) is 12.1 Å². The molecule has 3 aliphatic heterocycles. The van der Waals surface area contributed by atoms with Crippen LogP contribution in [-0.2, 0) is 13.1 Å². The van der Waals surface area contributed by atoms with Gasteiger partial charge in [0.05, 0.1) is 25.5 Å². The Morgan fingerprint density at radius 1 is 1.00 bits per heavy atom. The molecule has 2 aromatic heterocycles. The number of aromatic nitrogens is 4. The van der Waals surface area contributed by atoms with Gasteiger partial charge >= 0.3 is 6.18 Å². The van der Waals surface area contributed by atoms with Gasteiger partial charge in [-0.3, -0.25) is 9.47 Å². The van der Waals surface area contributed by atoms with Gasteiger partial charge in [0.2, 0.25) is 5.95 Å². The molecule has 1 saturated carbocycles. The molecular formula is C25H24ClF4N7O. The molecule has 3 fully saturated rings. The molecule has 0 atom stereocenters. The summed E-state index contributed by atoms with van der Waals surface area (Å²) in [5.74, 6) is 1.65. The predicted octanol–water partition coefficient (Wildman–Crippen LogP) is 4.20. The van der Waals surface area contributed by atoms with Gasteiger partial charge in [0, 0.05) is 49.2 Å². The van der Waals surface area contributed by atoms with E-state index in [0.29, 0.717) is 47.0 Å². The minimum absolute atomic E-state index is 0.0153. The predicted molar refractivity (Wildman–Crippen MR) is 131 cm³/mol. The maximum absolute atomic E-state index is 14.0. The van der Waals surface area contributed by atoms with Crippen molar-refractivity contribution in [3.63, 3.8) is 0 Å². The van der Waals surface area contributed by atoms with E-state index in [4.69, 9.17) is 16.3 Å². The van der Waals surface area contributed by atoms with Crippen LogP contribution in [0.15, 0.2) is 30.5 Å². The van der Waals surface area contributed by atoms with Crippen molar-refractivity contribution in [3.05, 3.63) is 52.7 Å². The van der Waals surface area contributed by atoms with E-state index in [0.717, 1.165) is 18.8 Å². The normalized spacial score (nSPS) is 21.3. The number of ether oxygens (including phenoxy) is 1. The fourth-order valence-electron chi connectivity index (χ4n) is 6.21. The third-order valence-electron chi connectivity index (χ3n) is 8.25. The van der Waals surface area contributed by atoms with E-state index in [2.05, 4.69) is 25.0 Å². The van der Waals surface area contributed by atoms with Gasteiger partial charge in [-0.25, -0.2) is 9.37 Å². The number of anilines is 2. The number of hydrogen-bond acceptors (Lipinski definition) is 7. The second-order valence-corrected chi connectivity index (χ2v) is 11.2. The molecule has 1 aliphatic carbocycles. The van der Waals surface area contributed by atoms with Crippen LogP contribution in [0, 0.1) is 11.2 Å². The van der Waals surface area contributed by atoms with Crippen molar-refractivity contribution in [2.45, 2.75) is 37.6 Å². The Morgan fingerprint density at radius 3 is 2.42 bits per heavy atom.